The first kappa shape index (κ1) is 8.36. The van der Waals surface area contributed by atoms with Crippen LogP contribution in [0.1, 0.15) is 19.4 Å². The number of benzene rings is 1. The molecule has 3 heteroatoms. The molecule has 1 aromatic carbocycles. The number of amides is 1. The summed E-state index contributed by atoms with van der Waals surface area (Å²) in [6, 6.07) is 6.09. The molecular weight excluding hydrogens is 161 g/mol. The molecule has 0 unspecified atom stereocenters. The van der Waals surface area contributed by atoms with Crippen LogP contribution in [0.2, 0.25) is 0 Å². The van der Waals surface area contributed by atoms with E-state index in [1.165, 1.54) is 5.46 Å². The van der Waals surface area contributed by atoms with Crippen molar-refractivity contribution in [2.75, 3.05) is 5.32 Å². The fourth-order valence-corrected chi connectivity index (χ4v) is 1.71. The Morgan fingerprint density at radius 2 is 2.08 bits per heavy atom. The van der Waals surface area contributed by atoms with Gasteiger partial charge in [-0.2, -0.15) is 0 Å². The third-order valence-corrected chi connectivity index (χ3v) is 2.66. The Balaban J connectivity index is 2.62. The highest BCUT2D eigenvalue weighted by Gasteiger charge is 2.37. The van der Waals surface area contributed by atoms with Gasteiger partial charge in [0, 0.05) is 5.69 Å². The molecule has 0 fully saturated rings. The number of anilines is 1. The van der Waals surface area contributed by atoms with Gasteiger partial charge in [-0.05, 0) is 25.5 Å². The minimum atomic E-state index is -0.372. The molecule has 0 spiro atoms. The predicted molar refractivity (Wildman–Crippen MR) is 56.3 cm³/mol. The highest BCUT2D eigenvalue weighted by Crippen LogP contribution is 2.35. The highest BCUT2D eigenvalue weighted by atomic mass is 16.2. The molecule has 1 aliphatic rings. The van der Waals surface area contributed by atoms with Crippen LogP contribution in [0.5, 0.6) is 0 Å². The molecule has 0 saturated carbocycles. The normalized spacial score (nSPS) is 18.2. The van der Waals surface area contributed by atoms with Crippen LogP contribution in [0.3, 0.4) is 0 Å². The third-order valence-electron chi connectivity index (χ3n) is 2.66. The molecule has 0 aliphatic carbocycles. The number of nitrogens with one attached hydrogen (secondary N) is 1. The Morgan fingerprint density at radius 1 is 1.38 bits per heavy atom. The van der Waals surface area contributed by atoms with Crippen molar-refractivity contribution in [3.63, 3.8) is 0 Å². The van der Waals surface area contributed by atoms with Crippen LogP contribution >= 0.6 is 0 Å². The van der Waals surface area contributed by atoms with E-state index in [1.54, 1.807) is 0 Å². The van der Waals surface area contributed by atoms with E-state index < -0.39 is 0 Å². The summed E-state index contributed by atoms with van der Waals surface area (Å²) in [6.07, 6.45) is 0. The van der Waals surface area contributed by atoms with Gasteiger partial charge in [-0.15, -0.1) is 0 Å². The molecule has 1 aromatic rings. The first-order chi connectivity index (χ1) is 6.01. The van der Waals surface area contributed by atoms with Crippen molar-refractivity contribution in [1.29, 1.82) is 0 Å². The van der Waals surface area contributed by atoms with E-state index >= 15 is 0 Å². The SMILES string of the molecule is Bc1ccc2c(c1)NC(=O)C2(C)C. The summed E-state index contributed by atoms with van der Waals surface area (Å²) in [4.78, 5) is 11.6. The van der Waals surface area contributed by atoms with Crippen molar-refractivity contribution >= 4 is 24.9 Å². The lowest BCUT2D eigenvalue weighted by Gasteiger charge is -2.14. The third kappa shape index (κ3) is 1.07. The molecule has 1 amide bonds. The molecule has 1 heterocycles. The Labute approximate surface area is 78.7 Å². The summed E-state index contributed by atoms with van der Waals surface area (Å²) < 4.78 is 0. The number of carbonyl (C=O) groups is 1. The van der Waals surface area contributed by atoms with Gasteiger partial charge in [0.15, 0.2) is 0 Å². The summed E-state index contributed by atoms with van der Waals surface area (Å²) in [5.41, 5.74) is 2.87. The standard InChI is InChI=1S/C10H12BNO/c1-10(2)7-4-3-6(11)5-8(7)12-9(10)13/h3-5H,11H2,1-2H3,(H,12,13). The van der Waals surface area contributed by atoms with Crippen molar-refractivity contribution in [3.8, 4) is 0 Å². The fraction of sp³-hybridized carbons (Fsp3) is 0.300. The summed E-state index contributed by atoms with van der Waals surface area (Å²) in [5, 5.41) is 2.89. The zero-order valence-electron chi connectivity index (χ0n) is 8.14. The van der Waals surface area contributed by atoms with Gasteiger partial charge in [0.05, 0.1) is 5.41 Å². The van der Waals surface area contributed by atoms with E-state index in [0.29, 0.717) is 0 Å². The predicted octanol–water partition coefficient (Wildman–Crippen LogP) is 0.175. The Bertz CT molecular complexity index is 385. The Morgan fingerprint density at radius 3 is 2.77 bits per heavy atom. The van der Waals surface area contributed by atoms with Crippen LogP contribution in [0, 0.1) is 0 Å². The van der Waals surface area contributed by atoms with E-state index in [4.69, 9.17) is 0 Å². The zero-order valence-corrected chi connectivity index (χ0v) is 8.14. The molecule has 2 rings (SSSR count). The van der Waals surface area contributed by atoms with E-state index in [9.17, 15) is 4.79 Å². The largest absolute Gasteiger partial charge is 0.325 e. The molecule has 66 valence electrons. The van der Waals surface area contributed by atoms with Gasteiger partial charge in [-0.25, -0.2) is 0 Å². The lowest BCUT2D eigenvalue weighted by atomic mass is 9.84. The van der Waals surface area contributed by atoms with Crippen LogP contribution in [0.25, 0.3) is 0 Å². The molecule has 0 bridgehead atoms. The first-order valence-corrected chi connectivity index (χ1v) is 4.44. The number of rotatable bonds is 0. The van der Waals surface area contributed by atoms with Crippen LogP contribution in [0.15, 0.2) is 18.2 Å². The van der Waals surface area contributed by atoms with Crippen molar-refractivity contribution in [1.82, 2.24) is 0 Å². The van der Waals surface area contributed by atoms with Gasteiger partial charge in [-0.3, -0.25) is 4.79 Å². The van der Waals surface area contributed by atoms with Crippen LogP contribution < -0.4 is 10.8 Å². The van der Waals surface area contributed by atoms with E-state index in [0.717, 1.165) is 11.3 Å². The minimum Gasteiger partial charge on any atom is -0.325 e. The molecule has 0 radical (unpaired) electrons. The molecule has 0 atom stereocenters. The van der Waals surface area contributed by atoms with Crippen LogP contribution in [-0.4, -0.2) is 13.8 Å². The number of hydrogen-bond acceptors (Lipinski definition) is 1. The van der Waals surface area contributed by atoms with Gasteiger partial charge in [0.1, 0.15) is 7.85 Å². The van der Waals surface area contributed by atoms with Gasteiger partial charge < -0.3 is 5.32 Å². The average molecular weight is 173 g/mol. The molecular formula is C10H12BNO. The van der Waals surface area contributed by atoms with Crippen molar-refractivity contribution in [2.45, 2.75) is 19.3 Å². The second-order valence-corrected chi connectivity index (χ2v) is 4.13. The lowest BCUT2D eigenvalue weighted by molar-refractivity contribution is -0.119. The van der Waals surface area contributed by atoms with Crippen molar-refractivity contribution < 1.29 is 4.79 Å². The van der Waals surface area contributed by atoms with Crippen LogP contribution in [0.4, 0.5) is 5.69 Å². The first-order valence-electron chi connectivity index (χ1n) is 4.44. The second-order valence-electron chi connectivity index (χ2n) is 4.13. The molecule has 13 heavy (non-hydrogen) atoms. The zero-order chi connectivity index (χ0) is 9.64. The fourth-order valence-electron chi connectivity index (χ4n) is 1.71. The molecule has 1 aliphatic heterocycles. The summed E-state index contributed by atoms with van der Waals surface area (Å²) >= 11 is 0. The van der Waals surface area contributed by atoms with Gasteiger partial charge >= 0.3 is 0 Å². The highest BCUT2D eigenvalue weighted by molar-refractivity contribution is 6.33. The maximum atomic E-state index is 11.6. The summed E-state index contributed by atoms with van der Waals surface area (Å²) in [5.74, 6) is 0.0908. The Hall–Kier alpha value is -1.25. The number of carbonyl (C=O) groups excluding carboxylic acids is 1. The summed E-state index contributed by atoms with van der Waals surface area (Å²) in [6.45, 7) is 3.90. The Kier molecular flexibility index (Phi) is 1.53. The maximum absolute atomic E-state index is 11.6. The topological polar surface area (TPSA) is 29.1 Å². The minimum absolute atomic E-state index is 0.0908. The van der Waals surface area contributed by atoms with Gasteiger partial charge in [0.2, 0.25) is 5.91 Å². The maximum Gasteiger partial charge on any atom is 0.234 e. The number of hydrogen-bond donors (Lipinski definition) is 1. The lowest BCUT2D eigenvalue weighted by Crippen LogP contribution is -2.26. The quantitative estimate of drug-likeness (QED) is 0.557. The summed E-state index contributed by atoms with van der Waals surface area (Å²) in [7, 11) is 2.03. The molecule has 2 nitrogen and oxygen atoms in total. The second kappa shape index (κ2) is 2.38. The monoisotopic (exact) mass is 173 g/mol. The van der Waals surface area contributed by atoms with E-state index in [-0.39, 0.29) is 11.3 Å². The molecule has 1 N–H and O–H groups in total. The smallest absolute Gasteiger partial charge is 0.234 e. The van der Waals surface area contributed by atoms with E-state index in [2.05, 4.69) is 5.32 Å². The van der Waals surface area contributed by atoms with Crippen molar-refractivity contribution in [2.24, 2.45) is 0 Å². The van der Waals surface area contributed by atoms with Crippen LogP contribution in [-0.2, 0) is 10.2 Å². The van der Waals surface area contributed by atoms with E-state index in [1.807, 2.05) is 39.9 Å². The molecule has 0 aromatic heterocycles. The average Bonchev–Trinajstić information content (AvgIpc) is 2.23. The van der Waals surface area contributed by atoms with Crippen molar-refractivity contribution in [3.05, 3.63) is 23.8 Å². The molecule has 0 saturated heterocycles. The van der Waals surface area contributed by atoms with Gasteiger partial charge in [0.25, 0.3) is 0 Å². The number of fused-ring (bicyclic) bond motifs is 1. The van der Waals surface area contributed by atoms with Gasteiger partial charge in [-0.1, -0.05) is 17.6 Å².